The SMILES string of the molecule is Fc1cc(Br)cc(OC2CCc3ccccc3NC2)c1F. The maximum Gasteiger partial charge on any atom is 0.200 e. The molecule has 0 aromatic heterocycles. The first-order valence-electron chi connectivity index (χ1n) is 6.76. The van der Waals surface area contributed by atoms with Crippen LogP contribution in [0.5, 0.6) is 5.75 Å². The molecular formula is C16H14BrF2NO. The third kappa shape index (κ3) is 3.18. The number of aryl methyl sites for hydroxylation is 1. The van der Waals surface area contributed by atoms with Gasteiger partial charge in [0.15, 0.2) is 11.6 Å². The second kappa shape index (κ2) is 6.02. The van der Waals surface area contributed by atoms with E-state index in [9.17, 15) is 8.78 Å². The molecule has 3 rings (SSSR count). The van der Waals surface area contributed by atoms with Crippen molar-refractivity contribution >= 4 is 21.6 Å². The molecule has 0 amide bonds. The minimum atomic E-state index is -0.944. The van der Waals surface area contributed by atoms with Crippen LogP contribution in [0.15, 0.2) is 40.9 Å². The fourth-order valence-corrected chi connectivity index (χ4v) is 2.86. The van der Waals surface area contributed by atoms with E-state index in [1.807, 2.05) is 18.2 Å². The third-order valence-electron chi connectivity index (χ3n) is 3.53. The highest BCUT2D eigenvalue weighted by Gasteiger charge is 2.20. The summed E-state index contributed by atoms with van der Waals surface area (Å²) >= 11 is 3.15. The van der Waals surface area contributed by atoms with Gasteiger partial charge in [-0.2, -0.15) is 4.39 Å². The molecule has 1 heterocycles. The summed E-state index contributed by atoms with van der Waals surface area (Å²) in [5.41, 5.74) is 2.29. The van der Waals surface area contributed by atoms with Gasteiger partial charge in [-0.1, -0.05) is 34.1 Å². The molecule has 1 aliphatic heterocycles. The molecule has 1 unspecified atom stereocenters. The van der Waals surface area contributed by atoms with Crippen molar-refractivity contribution in [3.05, 3.63) is 58.1 Å². The van der Waals surface area contributed by atoms with Gasteiger partial charge in [0, 0.05) is 10.2 Å². The number of hydrogen-bond donors (Lipinski definition) is 1. The Morgan fingerprint density at radius 1 is 1.19 bits per heavy atom. The summed E-state index contributed by atoms with van der Waals surface area (Å²) in [6.07, 6.45) is 1.38. The Bertz CT molecular complexity index is 636. The van der Waals surface area contributed by atoms with Crippen LogP contribution >= 0.6 is 15.9 Å². The molecule has 0 radical (unpaired) electrons. The average Bonchev–Trinajstić information content (AvgIpc) is 2.67. The summed E-state index contributed by atoms with van der Waals surface area (Å²) in [7, 11) is 0. The zero-order valence-electron chi connectivity index (χ0n) is 11.2. The normalized spacial score (nSPS) is 17.6. The molecule has 0 saturated heterocycles. The number of para-hydroxylation sites is 1. The van der Waals surface area contributed by atoms with Gasteiger partial charge in [-0.25, -0.2) is 4.39 Å². The molecule has 21 heavy (non-hydrogen) atoms. The van der Waals surface area contributed by atoms with Crippen molar-refractivity contribution in [3.8, 4) is 5.75 Å². The van der Waals surface area contributed by atoms with Crippen LogP contribution in [-0.2, 0) is 6.42 Å². The van der Waals surface area contributed by atoms with Crippen molar-refractivity contribution in [2.24, 2.45) is 0 Å². The second-order valence-corrected chi connectivity index (χ2v) is 5.93. The van der Waals surface area contributed by atoms with E-state index in [4.69, 9.17) is 4.74 Å². The third-order valence-corrected chi connectivity index (χ3v) is 3.98. The van der Waals surface area contributed by atoms with Crippen molar-refractivity contribution in [3.63, 3.8) is 0 Å². The summed E-state index contributed by atoms with van der Waals surface area (Å²) < 4.78 is 33.3. The van der Waals surface area contributed by atoms with Crippen LogP contribution in [0.4, 0.5) is 14.5 Å². The molecule has 2 aromatic rings. The van der Waals surface area contributed by atoms with E-state index >= 15 is 0 Å². The van der Waals surface area contributed by atoms with Crippen molar-refractivity contribution in [2.45, 2.75) is 18.9 Å². The van der Waals surface area contributed by atoms with Crippen LogP contribution in [-0.4, -0.2) is 12.6 Å². The van der Waals surface area contributed by atoms with Gasteiger partial charge in [-0.3, -0.25) is 0 Å². The zero-order chi connectivity index (χ0) is 14.8. The van der Waals surface area contributed by atoms with E-state index in [-0.39, 0.29) is 11.9 Å². The molecule has 0 bridgehead atoms. The van der Waals surface area contributed by atoms with Gasteiger partial charge in [0.25, 0.3) is 0 Å². The lowest BCUT2D eigenvalue weighted by molar-refractivity contribution is 0.194. The lowest BCUT2D eigenvalue weighted by atomic mass is 10.1. The number of benzene rings is 2. The highest BCUT2D eigenvalue weighted by atomic mass is 79.9. The minimum Gasteiger partial charge on any atom is -0.485 e. The molecule has 0 fully saturated rings. The van der Waals surface area contributed by atoms with Crippen LogP contribution in [0.2, 0.25) is 0 Å². The largest absolute Gasteiger partial charge is 0.485 e. The second-order valence-electron chi connectivity index (χ2n) is 5.02. The number of nitrogens with one attached hydrogen (secondary N) is 1. The van der Waals surface area contributed by atoms with E-state index in [0.29, 0.717) is 11.0 Å². The summed E-state index contributed by atoms with van der Waals surface area (Å²) in [4.78, 5) is 0. The maximum atomic E-state index is 13.8. The van der Waals surface area contributed by atoms with Crippen molar-refractivity contribution < 1.29 is 13.5 Å². The maximum absolute atomic E-state index is 13.8. The fourth-order valence-electron chi connectivity index (χ4n) is 2.45. The molecule has 2 nitrogen and oxygen atoms in total. The number of fused-ring (bicyclic) bond motifs is 1. The first-order chi connectivity index (χ1) is 10.1. The predicted octanol–water partition coefficient (Wildman–Crippen LogP) is 4.53. The number of hydrogen-bond acceptors (Lipinski definition) is 2. The first kappa shape index (κ1) is 14.3. The number of rotatable bonds is 2. The highest BCUT2D eigenvalue weighted by Crippen LogP contribution is 2.28. The average molecular weight is 354 g/mol. The predicted molar refractivity (Wildman–Crippen MR) is 81.7 cm³/mol. The Balaban J connectivity index is 1.76. The molecule has 1 atom stereocenters. The lowest BCUT2D eigenvalue weighted by Crippen LogP contribution is -2.25. The zero-order valence-corrected chi connectivity index (χ0v) is 12.8. The van der Waals surface area contributed by atoms with Crippen molar-refractivity contribution in [1.29, 1.82) is 0 Å². The molecular weight excluding hydrogens is 340 g/mol. The Morgan fingerprint density at radius 2 is 2.00 bits per heavy atom. The molecule has 0 saturated carbocycles. The van der Waals surface area contributed by atoms with Crippen molar-refractivity contribution in [2.75, 3.05) is 11.9 Å². The van der Waals surface area contributed by atoms with E-state index in [0.717, 1.165) is 24.6 Å². The standard InChI is InChI=1S/C16H14BrF2NO/c17-11-7-13(18)16(19)15(8-11)21-12-6-5-10-3-1-2-4-14(10)20-9-12/h1-4,7-8,12,20H,5-6,9H2. The van der Waals surface area contributed by atoms with Gasteiger partial charge in [0.1, 0.15) is 6.10 Å². The van der Waals surface area contributed by atoms with Gasteiger partial charge >= 0.3 is 0 Å². The molecule has 2 aromatic carbocycles. The molecule has 110 valence electrons. The van der Waals surface area contributed by atoms with E-state index in [1.165, 1.54) is 11.6 Å². The minimum absolute atomic E-state index is 0.0559. The van der Waals surface area contributed by atoms with Gasteiger partial charge in [-0.15, -0.1) is 0 Å². The molecule has 0 spiro atoms. The van der Waals surface area contributed by atoms with Crippen LogP contribution in [0.3, 0.4) is 0 Å². The smallest absolute Gasteiger partial charge is 0.200 e. The summed E-state index contributed by atoms with van der Waals surface area (Å²) in [5, 5.41) is 3.29. The van der Waals surface area contributed by atoms with Crippen LogP contribution in [0.25, 0.3) is 0 Å². The molecule has 1 aliphatic rings. The Hall–Kier alpha value is -1.62. The molecule has 0 aliphatic carbocycles. The summed E-state index contributed by atoms with van der Waals surface area (Å²) in [5.74, 6) is -1.91. The number of halogens is 3. The van der Waals surface area contributed by atoms with Gasteiger partial charge < -0.3 is 10.1 Å². The quantitative estimate of drug-likeness (QED) is 0.800. The van der Waals surface area contributed by atoms with Gasteiger partial charge in [0.2, 0.25) is 5.82 Å². The van der Waals surface area contributed by atoms with Gasteiger partial charge in [0.05, 0.1) is 6.54 Å². The lowest BCUT2D eigenvalue weighted by Gasteiger charge is -2.18. The first-order valence-corrected chi connectivity index (χ1v) is 7.56. The monoisotopic (exact) mass is 353 g/mol. The number of anilines is 1. The van der Waals surface area contributed by atoms with Crippen LogP contribution in [0.1, 0.15) is 12.0 Å². The van der Waals surface area contributed by atoms with E-state index in [1.54, 1.807) is 0 Å². The molecule has 1 N–H and O–H groups in total. The Labute approximate surface area is 130 Å². The van der Waals surface area contributed by atoms with E-state index < -0.39 is 11.6 Å². The van der Waals surface area contributed by atoms with Crippen LogP contribution in [0, 0.1) is 11.6 Å². The van der Waals surface area contributed by atoms with Crippen molar-refractivity contribution in [1.82, 2.24) is 0 Å². The summed E-state index contributed by atoms with van der Waals surface area (Å²) in [6.45, 7) is 0.560. The Kier molecular flexibility index (Phi) is 4.10. The van der Waals surface area contributed by atoms with Gasteiger partial charge in [-0.05, 0) is 36.6 Å². The topological polar surface area (TPSA) is 21.3 Å². The fraction of sp³-hybridized carbons (Fsp3) is 0.250. The highest BCUT2D eigenvalue weighted by molar-refractivity contribution is 9.10. The number of ether oxygens (including phenoxy) is 1. The molecule has 5 heteroatoms. The summed E-state index contributed by atoms with van der Waals surface area (Å²) in [6, 6.07) is 10.6. The Morgan fingerprint density at radius 3 is 2.86 bits per heavy atom. The van der Waals surface area contributed by atoms with E-state index in [2.05, 4.69) is 27.3 Å². The van der Waals surface area contributed by atoms with Crippen LogP contribution < -0.4 is 10.1 Å².